The number of carbonyl (C=O) groups excluding carboxylic acids is 1. The molecule has 1 aromatic heterocycles. The smallest absolute Gasteiger partial charge is 0.227 e. The van der Waals surface area contributed by atoms with Gasteiger partial charge in [0.05, 0.1) is 12.8 Å². The molecule has 1 amide bonds. The Kier molecular flexibility index (Phi) is 4.71. The van der Waals surface area contributed by atoms with Crippen LogP contribution in [0, 0.1) is 0 Å². The van der Waals surface area contributed by atoms with E-state index < -0.39 is 0 Å². The molecule has 0 fully saturated rings. The zero-order valence-electron chi connectivity index (χ0n) is 14.6. The number of hydrogen-bond donors (Lipinski definition) is 0. The third-order valence-corrected chi connectivity index (χ3v) is 5.61. The van der Waals surface area contributed by atoms with Gasteiger partial charge in [-0.2, -0.15) is 0 Å². The van der Waals surface area contributed by atoms with Gasteiger partial charge < -0.3 is 9.64 Å². The van der Waals surface area contributed by atoms with E-state index in [1.165, 1.54) is 5.56 Å². The molecule has 2 aromatic carbocycles. The molecule has 2 heterocycles. The fraction of sp³-hybridized carbons (Fsp3) is 0.238. The van der Waals surface area contributed by atoms with Crippen molar-refractivity contribution in [1.82, 2.24) is 4.98 Å². The topological polar surface area (TPSA) is 42.4 Å². The molecule has 0 unspecified atom stereocenters. The highest BCUT2D eigenvalue weighted by Crippen LogP contribution is 2.29. The van der Waals surface area contributed by atoms with Gasteiger partial charge in [-0.1, -0.05) is 18.2 Å². The Bertz CT molecular complexity index is 918. The van der Waals surface area contributed by atoms with Gasteiger partial charge in [-0.05, 0) is 48.7 Å². The molecule has 26 heavy (non-hydrogen) atoms. The number of nitrogens with zero attached hydrogens (tertiary/aromatic N) is 2. The van der Waals surface area contributed by atoms with E-state index >= 15 is 0 Å². The summed E-state index contributed by atoms with van der Waals surface area (Å²) in [4.78, 5) is 19.2. The second-order valence-corrected chi connectivity index (χ2v) is 7.15. The number of carbonyl (C=O) groups is 1. The van der Waals surface area contributed by atoms with Crippen LogP contribution < -0.4 is 9.64 Å². The Hall–Kier alpha value is -2.66. The van der Waals surface area contributed by atoms with Gasteiger partial charge in [0.2, 0.25) is 5.91 Å². The zero-order valence-corrected chi connectivity index (χ0v) is 15.5. The largest absolute Gasteiger partial charge is 0.497 e. The molecule has 0 atom stereocenters. The highest BCUT2D eigenvalue weighted by molar-refractivity contribution is 7.13. The summed E-state index contributed by atoms with van der Waals surface area (Å²) in [5, 5.41) is 3.02. The van der Waals surface area contributed by atoms with Crippen LogP contribution in [0.5, 0.6) is 5.75 Å². The fourth-order valence-electron chi connectivity index (χ4n) is 3.26. The molecule has 132 valence electrons. The summed E-state index contributed by atoms with van der Waals surface area (Å²) in [6.07, 6.45) is 2.10. The lowest BCUT2D eigenvalue weighted by molar-refractivity contribution is -0.118. The van der Waals surface area contributed by atoms with E-state index in [4.69, 9.17) is 4.74 Å². The molecule has 0 bridgehead atoms. The van der Waals surface area contributed by atoms with Crippen LogP contribution in [0.3, 0.4) is 0 Å². The van der Waals surface area contributed by atoms with Crippen molar-refractivity contribution in [3.05, 3.63) is 65.2 Å². The van der Waals surface area contributed by atoms with Crippen LogP contribution in [-0.2, 0) is 17.6 Å². The van der Waals surface area contributed by atoms with Crippen molar-refractivity contribution in [2.45, 2.75) is 19.3 Å². The van der Waals surface area contributed by atoms with Crippen molar-refractivity contribution in [2.24, 2.45) is 0 Å². The zero-order chi connectivity index (χ0) is 17.9. The van der Waals surface area contributed by atoms with E-state index in [0.29, 0.717) is 12.8 Å². The number of anilines is 1. The highest BCUT2D eigenvalue weighted by atomic mass is 32.1. The molecular weight excluding hydrogens is 344 g/mol. The van der Waals surface area contributed by atoms with Gasteiger partial charge in [-0.25, -0.2) is 4.98 Å². The lowest BCUT2D eigenvalue weighted by Crippen LogP contribution is -2.29. The minimum absolute atomic E-state index is 0.175. The van der Waals surface area contributed by atoms with Gasteiger partial charge in [-0.3, -0.25) is 4.79 Å². The molecule has 0 radical (unpaired) electrons. The number of rotatable bonds is 5. The van der Waals surface area contributed by atoms with E-state index in [1.807, 2.05) is 52.7 Å². The Morgan fingerprint density at radius 1 is 1.19 bits per heavy atom. The van der Waals surface area contributed by atoms with Gasteiger partial charge in [-0.15, -0.1) is 11.3 Å². The van der Waals surface area contributed by atoms with Gasteiger partial charge in [0.25, 0.3) is 0 Å². The molecule has 0 saturated heterocycles. The first-order valence-corrected chi connectivity index (χ1v) is 9.59. The molecule has 1 aliphatic rings. The SMILES string of the molecule is COc1ccc(-c2nc(CCC(=O)N3CCc4ccccc43)cs2)cc1. The monoisotopic (exact) mass is 364 g/mol. The Morgan fingerprint density at radius 3 is 2.81 bits per heavy atom. The van der Waals surface area contributed by atoms with Crippen molar-refractivity contribution in [2.75, 3.05) is 18.6 Å². The van der Waals surface area contributed by atoms with E-state index in [0.717, 1.165) is 40.7 Å². The third-order valence-electron chi connectivity index (χ3n) is 4.67. The molecule has 4 rings (SSSR count). The number of aromatic nitrogens is 1. The number of ether oxygens (including phenoxy) is 1. The molecule has 0 aliphatic carbocycles. The summed E-state index contributed by atoms with van der Waals surface area (Å²) in [6.45, 7) is 0.784. The Labute approximate surface area is 157 Å². The van der Waals surface area contributed by atoms with Gasteiger partial charge >= 0.3 is 0 Å². The minimum Gasteiger partial charge on any atom is -0.497 e. The summed E-state index contributed by atoms with van der Waals surface area (Å²) in [5.74, 6) is 1.01. The van der Waals surface area contributed by atoms with E-state index in [9.17, 15) is 4.79 Å². The first-order valence-electron chi connectivity index (χ1n) is 8.72. The molecule has 0 saturated carbocycles. The number of hydrogen-bond acceptors (Lipinski definition) is 4. The van der Waals surface area contributed by atoms with Crippen LogP contribution in [-0.4, -0.2) is 24.5 Å². The van der Waals surface area contributed by atoms with Crippen LogP contribution in [0.1, 0.15) is 17.7 Å². The van der Waals surface area contributed by atoms with Crippen molar-refractivity contribution in [3.8, 4) is 16.3 Å². The summed E-state index contributed by atoms with van der Waals surface area (Å²) in [6, 6.07) is 16.0. The van der Waals surface area contributed by atoms with Crippen LogP contribution in [0.25, 0.3) is 10.6 Å². The Balaban J connectivity index is 1.39. The molecule has 4 nitrogen and oxygen atoms in total. The third kappa shape index (κ3) is 3.35. The molecule has 0 spiro atoms. The predicted octanol–water partition coefficient (Wildman–Crippen LogP) is 4.34. The highest BCUT2D eigenvalue weighted by Gasteiger charge is 2.23. The van der Waals surface area contributed by atoms with Crippen LogP contribution in [0.4, 0.5) is 5.69 Å². The Morgan fingerprint density at radius 2 is 2.00 bits per heavy atom. The molecular formula is C21H20N2O2S. The van der Waals surface area contributed by atoms with Gasteiger partial charge in [0.1, 0.15) is 10.8 Å². The average molecular weight is 364 g/mol. The van der Waals surface area contributed by atoms with Crippen molar-refractivity contribution >= 4 is 22.9 Å². The van der Waals surface area contributed by atoms with Gasteiger partial charge in [0, 0.05) is 29.6 Å². The number of fused-ring (bicyclic) bond motifs is 1. The minimum atomic E-state index is 0.175. The predicted molar refractivity (Wildman–Crippen MR) is 105 cm³/mol. The van der Waals surface area contributed by atoms with E-state index in [2.05, 4.69) is 11.1 Å². The second-order valence-electron chi connectivity index (χ2n) is 6.30. The quantitative estimate of drug-likeness (QED) is 0.676. The maximum Gasteiger partial charge on any atom is 0.227 e. The van der Waals surface area contributed by atoms with Crippen LogP contribution >= 0.6 is 11.3 Å². The molecule has 1 aliphatic heterocycles. The average Bonchev–Trinajstić information content (AvgIpc) is 3.33. The first kappa shape index (κ1) is 16.8. The lowest BCUT2D eigenvalue weighted by Gasteiger charge is -2.16. The van der Waals surface area contributed by atoms with Crippen molar-refractivity contribution < 1.29 is 9.53 Å². The van der Waals surface area contributed by atoms with E-state index in [-0.39, 0.29) is 5.91 Å². The van der Waals surface area contributed by atoms with E-state index in [1.54, 1.807) is 18.4 Å². The lowest BCUT2D eigenvalue weighted by atomic mass is 10.2. The summed E-state index contributed by atoms with van der Waals surface area (Å²) >= 11 is 1.61. The maximum atomic E-state index is 12.6. The molecule has 3 aromatic rings. The molecule has 5 heteroatoms. The summed E-state index contributed by atoms with van der Waals surface area (Å²) in [5.41, 5.74) is 4.37. The van der Waals surface area contributed by atoms with Gasteiger partial charge in [0.15, 0.2) is 0 Å². The number of aryl methyl sites for hydroxylation is 1. The summed E-state index contributed by atoms with van der Waals surface area (Å²) < 4.78 is 5.19. The second kappa shape index (κ2) is 7.30. The number of methoxy groups -OCH3 is 1. The standard InChI is InChI=1S/C21H20N2O2S/c1-25-18-9-6-16(7-10-18)21-22-17(14-26-21)8-11-20(24)23-13-12-15-4-2-3-5-19(15)23/h2-7,9-10,14H,8,11-13H2,1H3. The van der Waals surface area contributed by atoms with Crippen LogP contribution in [0.2, 0.25) is 0 Å². The first-order chi connectivity index (χ1) is 12.7. The van der Waals surface area contributed by atoms with Crippen molar-refractivity contribution in [3.63, 3.8) is 0 Å². The number of para-hydroxylation sites is 1. The normalized spacial score (nSPS) is 12.9. The number of thiazole rings is 1. The maximum absolute atomic E-state index is 12.6. The van der Waals surface area contributed by atoms with Crippen LogP contribution in [0.15, 0.2) is 53.9 Å². The summed E-state index contributed by atoms with van der Waals surface area (Å²) in [7, 11) is 1.66. The fourth-order valence-corrected chi connectivity index (χ4v) is 4.12. The molecule has 0 N–H and O–H groups in total. The van der Waals surface area contributed by atoms with Crippen molar-refractivity contribution in [1.29, 1.82) is 0 Å². The number of benzene rings is 2. The number of amides is 1.